The third-order valence-electron chi connectivity index (χ3n) is 3.18. The second kappa shape index (κ2) is 5.28. The molecule has 1 heterocycles. The maximum absolute atomic E-state index is 11.3. The maximum Gasteiger partial charge on any atom is 0.221 e. The van der Waals surface area contributed by atoms with Gasteiger partial charge in [0.15, 0.2) is 0 Å². The van der Waals surface area contributed by atoms with Crippen LogP contribution >= 0.6 is 0 Å². The number of carbonyl (C=O) groups is 1. The van der Waals surface area contributed by atoms with E-state index in [9.17, 15) is 4.79 Å². The quantitative estimate of drug-likeness (QED) is 0.774. The van der Waals surface area contributed by atoms with Crippen molar-refractivity contribution in [3.05, 3.63) is 42.5 Å². The number of hydrogen-bond acceptors (Lipinski definition) is 3. The summed E-state index contributed by atoms with van der Waals surface area (Å²) in [4.78, 5) is 19.1. The van der Waals surface area contributed by atoms with Crippen LogP contribution in [0, 0.1) is 0 Å². The molecule has 0 atom stereocenters. The fraction of sp³-hybridized carbons (Fsp3) is 0.125. The molecule has 1 aromatic heterocycles. The monoisotopic (exact) mass is 281 g/mol. The molecule has 2 N–H and O–H groups in total. The molecule has 1 amide bonds. The number of nitrogens with zero attached hydrogens (tertiary/aromatic N) is 1. The predicted octanol–water partition coefficient (Wildman–Crippen LogP) is 3.20. The van der Waals surface area contributed by atoms with Gasteiger partial charge in [-0.25, -0.2) is 4.98 Å². The predicted molar refractivity (Wildman–Crippen MR) is 82.4 cm³/mol. The number of ether oxygens (including phenoxy) is 1. The number of aromatic nitrogens is 2. The largest absolute Gasteiger partial charge is 0.497 e. The summed E-state index contributed by atoms with van der Waals surface area (Å²) >= 11 is 0. The van der Waals surface area contributed by atoms with Crippen molar-refractivity contribution < 1.29 is 9.53 Å². The molecule has 0 spiro atoms. The van der Waals surface area contributed by atoms with Gasteiger partial charge in [-0.3, -0.25) is 4.79 Å². The molecule has 3 aromatic rings. The fourth-order valence-corrected chi connectivity index (χ4v) is 2.23. The summed E-state index contributed by atoms with van der Waals surface area (Å²) in [5, 5.41) is 2.82. The Hall–Kier alpha value is -2.82. The molecule has 0 radical (unpaired) electrons. The van der Waals surface area contributed by atoms with Gasteiger partial charge >= 0.3 is 0 Å². The number of amides is 1. The summed E-state index contributed by atoms with van der Waals surface area (Å²) in [7, 11) is 1.63. The van der Waals surface area contributed by atoms with E-state index >= 15 is 0 Å². The van der Waals surface area contributed by atoms with Gasteiger partial charge in [0, 0.05) is 18.6 Å². The second-order valence-corrected chi connectivity index (χ2v) is 4.70. The van der Waals surface area contributed by atoms with Crippen molar-refractivity contribution in [3.8, 4) is 17.1 Å². The van der Waals surface area contributed by atoms with Crippen LogP contribution in [0.25, 0.3) is 22.4 Å². The third-order valence-corrected chi connectivity index (χ3v) is 3.18. The summed E-state index contributed by atoms with van der Waals surface area (Å²) in [6, 6.07) is 13.2. The van der Waals surface area contributed by atoms with Crippen LogP contribution in [-0.4, -0.2) is 23.0 Å². The number of nitrogens with one attached hydrogen (secondary N) is 2. The highest BCUT2D eigenvalue weighted by molar-refractivity contribution is 5.94. The number of aromatic amines is 1. The van der Waals surface area contributed by atoms with Crippen molar-refractivity contribution >= 4 is 22.6 Å². The zero-order chi connectivity index (χ0) is 14.8. The van der Waals surface area contributed by atoms with E-state index in [-0.39, 0.29) is 5.91 Å². The first kappa shape index (κ1) is 13.2. The molecule has 0 saturated heterocycles. The van der Waals surface area contributed by atoms with Gasteiger partial charge in [0.1, 0.15) is 11.6 Å². The molecule has 0 bridgehead atoms. The zero-order valence-electron chi connectivity index (χ0n) is 11.8. The average molecular weight is 281 g/mol. The first-order chi connectivity index (χ1) is 10.2. The van der Waals surface area contributed by atoms with Crippen molar-refractivity contribution in [1.82, 2.24) is 9.97 Å². The van der Waals surface area contributed by atoms with Crippen LogP contribution in [0.15, 0.2) is 42.5 Å². The third kappa shape index (κ3) is 2.58. The number of para-hydroxylation sites is 1. The molecular formula is C16H15N3O2. The number of hydrogen-bond donors (Lipinski definition) is 2. The SMILES string of the molecule is COc1ccc2nc(-c3ccccc3NC(C)=O)[nH]c2c1. The molecule has 0 aliphatic carbocycles. The number of carbonyl (C=O) groups excluding carboxylic acids is 1. The molecule has 2 aromatic carbocycles. The lowest BCUT2D eigenvalue weighted by Crippen LogP contribution is -2.06. The highest BCUT2D eigenvalue weighted by Crippen LogP contribution is 2.28. The van der Waals surface area contributed by atoms with Crippen molar-refractivity contribution in [2.24, 2.45) is 0 Å². The molecule has 0 saturated carbocycles. The number of imidazole rings is 1. The van der Waals surface area contributed by atoms with Crippen molar-refractivity contribution in [2.45, 2.75) is 6.92 Å². The van der Waals surface area contributed by atoms with Gasteiger partial charge in [0.25, 0.3) is 0 Å². The molecule has 5 nitrogen and oxygen atoms in total. The van der Waals surface area contributed by atoms with Crippen LogP contribution in [0.5, 0.6) is 5.75 Å². The Morgan fingerprint density at radius 1 is 1.24 bits per heavy atom. The summed E-state index contributed by atoms with van der Waals surface area (Å²) < 4.78 is 5.21. The van der Waals surface area contributed by atoms with Crippen LogP contribution in [-0.2, 0) is 4.79 Å². The lowest BCUT2D eigenvalue weighted by molar-refractivity contribution is -0.114. The second-order valence-electron chi connectivity index (χ2n) is 4.70. The van der Waals surface area contributed by atoms with Gasteiger partial charge in [-0.05, 0) is 24.3 Å². The number of rotatable bonds is 3. The minimum atomic E-state index is -0.111. The first-order valence-electron chi connectivity index (χ1n) is 6.58. The molecule has 0 fully saturated rings. The van der Waals surface area contributed by atoms with Gasteiger partial charge in [0.05, 0.1) is 23.8 Å². The van der Waals surface area contributed by atoms with E-state index in [1.807, 2.05) is 42.5 Å². The van der Waals surface area contributed by atoms with Crippen LogP contribution < -0.4 is 10.1 Å². The average Bonchev–Trinajstić information content (AvgIpc) is 2.89. The smallest absolute Gasteiger partial charge is 0.221 e. The Labute approximate surface area is 122 Å². The number of benzene rings is 2. The molecule has 0 unspecified atom stereocenters. The lowest BCUT2D eigenvalue weighted by Gasteiger charge is -2.06. The molecular weight excluding hydrogens is 266 g/mol. The Kier molecular flexibility index (Phi) is 3.31. The van der Waals surface area contributed by atoms with E-state index in [0.29, 0.717) is 5.82 Å². The molecule has 0 aliphatic heterocycles. The first-order valence-corrected chi connectivity index (χ1v) is 6.58. The molecule has 3 rings (SSSR count). The van der Waals surface area contributed by atoms with Gasteiger partial charge in [-0.2, -0.15) is 0 Å². The lowest BCUT2D eigenvalue weighted by atomic mass is 10.1. The minimum Gasteiger partial charge on any atom is -0.497 e. The van der Waals surface area contributed by atoms with Crippen molar-refractivity contribution in [3.63, 3.8) is 0 Å². The van der Waals surface area contributed by atoms with Gasteiger partial charge < -0.3 is 15.0 Å². The standard InChI is InChI=1S/C16H15N3O2/c1-10(20)17-13-6-4-3-5-12(13)16-18-14-8-7-11(21-2)9-15(14)19-16/h3-9H,1-2H3,(H,17,20)(H,18,19). The fourth-order valence-electron chi connectivity index (χ4n) is 2.23. The van der Waals surface area contributed by atoms with Crippen LogP contribution in [0.2, 0.25) is 0 Å². The Morgan fingerprint density at radius 3 is 2.81 bits per heavy atom. The van der Waals surface area contributed by atoms with Crippen molar-refractivity contribution in [1.29, 1.82) is 0 Å². The Bertz CT molecular complexity index is 808. The molecule has 0 aliphatic rings. The van der Waals surface area contributed by atoms with Crippen molar-refractivity contribution in [2.75, 3.05) is 12.4 Å². The maximum atomic E-state index is 11.3. The molecule has 5 heteroatoms. The van der Waals surface area contributed by atoms with Gasteiger partial charge in [-0.15, -0.1) is 0 Å². The highest BCUT2D eigenvalue weighted by Gasteiger charge is 2.10. The van der Waals surface area contributed by atoms with E-state index in [2.05, 4.69) is 15.3 Å². The summed E-state index contributed by atoms with van der Waals surface area (Å²) in [5.41, 5.74) is 3.32. The van der Waals surface area contributed by atoms with E-state index in [1.54, 1.807) is 7.11 Å². The highest BCUT2D eigenvalue weighted by atomic mass is 16.5. The van der Waals surface area contributed by atoms with E-state index in [4.69, 9.17) is 4.74 Å². The number of methoxy groups -OCH3 is 1. The Morgan fingerprint density at radius 2 is 2.05 bits per heavy atom. The van der Waals surface area contributed by atoms with Crippen LogP contribution in [0.1, 0.15) is 6.92 Å². The normalized spacial score (nSPS) is 10.6. The van der Waals surface area contributed by atoms with E-state index in [0.717, 1.165) is 28.0 Å². The van der Waals surface area contributed by atoms with Crippen LogP contribution in [0.3, 0.4) is 0 Å². The Balaban J connectivity index is 2.10. The number of fused-ring (bicyclic) bond motifs is 1. The number of anilines is 1. The summed E-state index contributed by atoms with van der Waals surface area (Å²) in [6.45, 7) is 1.49. The van der Waals surface area contributed by atoms with E-state index < -0.39 is 0 Å². The molecule has 106 valence electrons. The van der Waals surface area contributed by atoms with Gasteiger partial charge in [-0.1, -0.05) is 12.1 Å². The molecule has 21 heavy (non-hydrogen) atoms. The summed E-state index contributed by atoms with van der Waals surface area (Å²) in [6.07, 6.45) is 0. The number of H-pyrrole nitrogens is 1. The van der Waals surface area contributed by atoms with E-state index in [1.165, 1.54) is 6.92 Å². The van der Waals surface area contributed by atoms with Crippen LogP contribution in [0.4, 0.5) is 5.69 Å². The topological polar surface area (TPSA) is 67.0 Å². The summed E-state index contributed by atoms with van der Waals surface area (Å²) in [5.74, 6) is 1.37. The van der Waals surface area contributed by atoms with Gasteiger partial charge in [0.2, 0.25) is 5.91 Å². The zero-order valence-corrected chi connectivity index (χ0v) is 11.8. The minimum absolute atomic E-state index is 0.111.